The molecule has 2 nitrogen and oxygen atoms in total. The van der Waals surface area contributed by atoms with E-state index in [1.165, 1.54) is 76.7 Å². The van der Waals surface area contributed by atoms with Crippen LogP contribution in [-0.2, 0) is 0 Å². The predicted molar refractivity (Wildman–Crippen MR) is 225 cm³/mol. The lowest BCUT2D eigenvalue weighted by Gasteiger charge is -2.31. The first-order valence-corrected chi connectivity index (χ1v) is 18.8. The van der Waals surface area contributed by atoms with Gasteiger partial charge in [0.2, 0.25) is 0 Å². The van der Waals surface area contributed by atoms with Crippen LogP contribution >= 0.6 is 0 Å². The summed E-state index contributed by atoms with van der Waals surface area (Å²) in [4.78, 5) is 10.5. The third-order valence-corrected chi connectivity index (χ3v) is 11.4. The van der Waals surface area contributed by atoms with Gasteiger partial charge >= 0.3 is 0 Å². The fourth-order valence-corrected chi connectivity index (χ4v) is 9.01. The standard InChI is InChI=1S/C52H34N2/c1-4-14-33(15-5-1)44-32-45(34-16-6-2-7-17-34)43-29-31-47-51-46(30-28-42(44)50(43)51)53-52(54-47)37-26-24-36(25-27-37)49-40-22-12-10-20-38(40)48(35-18-8-3-9-19-35)39-21-11-13-23-41(39)49/h1-20,22-32,39H,21H2. The molecule has 1 unspecified atom stereocenters. The van der Waals surface area contributed by atoms with Crippen LogP contribution in [0.1, 0.15) is 17.5 Å². The van der Waals surface area contributed by atoms with Crippen LogP contribution in [0.25, 0.3) is 77.4 Å². The molecule has 0 radical (unpaired) electrons. The molecule has 0 saturated carbocycles. The van der Waals surface area contributed by atoms with Gasteiger partial charge in [-0.2, -0.15) is 0 Å². The second kappa shape index (κ2) is 12.4. The SMILES string of the molecule is C1=CCC2C(=C1)C(c1ccc(-c3nc4ccc5c(-c6ccccc6)cc(-c6ccccc6)c6ccc(n3)c4c56)cc1)=c1ccccc1=C2c1ccccc1. The van der Waals surface area contributed by atoms with E-state index in [0.29, 0.717) is 5.92 Å². The first-order valence-electron chi connectivity index (χ1n) is 18.8. The van der Waals surface area contributed by atoms with Gasteiger partial charge in [-0.3, -0.25) is 0 Å². The molecule has 1 heterocycles. The quantitative estimate of drug-likeness (QED) is 0.168. The maximum absolute atomic E-state index is 5.25. The largest absolute Gasteiger partial charge is 0.228 e. The molecule has 252 valence electrons. The van der Waals surface area contributed by atoms with Crippen LogP contribution in [0.3, 0.4) is 0 Å². The molecule has 0 aliphatic heterocycles. The predicted octanol–water partition coefficient (Wildman–Crippen LogP) is 11.3. The van der Waals surface area contributed by atoms with Crippen molar-refractivity contribution in [3.05, 3.63) is 215 Å². The molecule has 0 saturated heterocycles. The monoisotopic (exact) mass is 686 g/mol. The van der Waals surface area contributed by atoms with Crippen molar-refractivity contribution >= 4 is 43.7 Å². The average Bonchev–Trinajstić information content (AvgIpc) is 3.25. The highest BCUT2D eigenvalue weighted by molar-refractivity contribution is 6.27. The van der Waals surface area contributed by atoms with Crippen LogP contribution in [0.15, 0.2) is 194 Å². The molecular weight excluding hydrogens is 653 g/mol. The molecule has 0 bridgehead atoms. The summed E-state index contributed by atoms with van der Waals surface area (Å²) in [5.41, 5.74) is 14.4. The summed E-state index contributed by atoms with van der Waals surface area (Å²) < 4.78 is 0. The highest BCUT2D eigenvalue weighted by Gasteiger charge is 2.29. The van der Waals surface area contributed by atoms with Crippen LogP contribution in [0.2, 0.25) is 0 Å². The Balaban J connectivity index is 1.08. The molecule has 0 spiro atoms. The number of benzene rings is 8. The molecule has 0 amide bonds. The Bertz CT molecular complexity index is 2980. The lowest BCUT2D eigenvalue weighted by molar-refractivity contribution is 0.797. The Morgan fingerprint density at radius 1 is 0.444 bits per heavy atom. The Hall–Kier alpha value is -6.90. The van der Waals surface area contributed by atoms with Gasteiger partial charge in [0, 0.05) is 22.3 Å². The molecular formula is C52H34N2. The number of fused-ring (bicyclic) bond motifs is 2. The average molecular weight is 687 g/mol. The van der Waals surface area contributed by atoms with E-state index in [1.807, 2.05) is 0 Å². The second-order valence-corrected chi connectivity index (χ2v) is 14.4. The van der Waals surface area contributed by atoms with E-state index in [1.54, 1.807) is 0 Å². The zero-order valence-electron chi connectivity index (χ0n) is 29.6. The van der Waals surface area contributed by atoms with Crippen molar-refractivity contribution in [2.45, 2.75) is 6.42 Å². The minimum absolute atomic E-state index is 0.301. The summed E-state index contributed by atoms with van der Waals surface area (Å²) >= 11 is 0. The van der Waals surface area contributed by atoms with E-state index < -0.39 is 0 Å². The topological polar surface area (TPSA) is 25.8 Å². The normalized spacial score (nSPS) is 15.1. The number of nitrogens with zero attached hydrogens (tertiary/aromatic N) is 2. The molecule has 2 heteroatoms. The highest BCUT2D eigenvalue weighted by Crippen LogP contribution is 2.44. The van der Waals surface area contributed by atoms with Crippen LogP contribution in [-0.4, -0.2) is 9.97 Å². The molecule has 1 atom stereocenters. The van der Waals surface area contributed by atoms with E-state index in [9.17, 15) is 0 Å². The fraction of sp³-hybridized carbons (Fsp3) is 0.0385. The van der Waals surface area contributed by atoms with E-state index in [-0.39, 0.29) is 0 Å². The van der Waals surface area contributed by atoms with Crippen molar-refractivity contribution < 1.29 is 0 Å². The molecule has 8 aromatic carbocycles. The van der Waals surface area contributed by atoms with Crippen molar-refractivity contribution in [1.29, 1.82) is 0 Å². The van der Waals surface area contributed by atoms with Gasteiger partial charge in [0.25, 0.3) is 0 Å². The van der Waals surface area contributed by atoms with Gasteiger partial charge in [-0.25, -0.2) is 9.97 Å². The van der Waals surface area contributed by atoms with Gasteiger partial charge in [-0.15, -0.1) is 0 Å². The van der Waals surface area contributed by atoms with Crippen molar-refractivity contribution in [2.24, 2.45) is 5.92 Å². The van der Waals surface area contributed by atoms with Crippen molar-refractivity contribution in [3.63, 3.8) is 0 Å². The van der Waals surface area contributed by atoms with Crippen molar-refractivity contribution in [3.8, 4) is 33.6 Å². The van der Waals surface area contributed by atoms with Gasteiger partial charge < -0.3 is 0 Å². The summed E-state index contributed by atoms with van der Waals surface area (Å²) in [6.07, 6.45) is 7.84. The molecule has 0 fully saturated rings. The number of hydrogen-bond acceptors (Lipinski definition) is 2. The third kappa shape index (κ3) is 4.81. The molecule has 9 aromatic rings. The van der Waals surface area contributed by atoms with Gasteiger partial charge in [0.15, 0.2) is 5.82 Å². The van der Waals surface area contributed by atoms with Crippen molar-refractivity contribution in [1.82, 2.24) is 9.97 Å². The molecule has 0 N–H and O–H groups in total. The Kier molecular flexibility index (Phi) is 7.03. The summed E-state index contributed by atoms with van der Waals surface area (Å²) in [7, 11) is 0. The lowest BCUT2D eigenvalue weighted by Crippen LogP contribution is -2.37. The summed E-state index contributed by atoms with van der Waals surface area (Å²) in [5.74, 6) is 1.04. The van der Waals surface area contributed by atoms with E-state index in [2.05, 4.69) is 188 Å². The molecule has 2 aliphatic rings. The lowest BCUT2D eigenvalue weighted by atomic mass is 9.72. The molecule has 11 rings (SSSR count). The summed E-state index contributed by atoms with van der Waals surface area (Å²) in [5, 5.41) is 7.38. The Labute approximate surface area is 313 Å². The van der Waals surface area contributed by atoms with Gasteiger partial charge in [0.05, 0.1) is 11.0 Å². The number of aromatic nitrogens is 2. The summed E-state index contributed by atoms with van der Waals surface area (Å²) in [6, 6.07) is 61.4. The maximum Gasteiger partial charge on any atom is 0.160 e. The van der Waals surface area contributed by atoms with E-state index in [4.69, 9.17) is 9.97 Å². The third-order valence-electron chi connectivity index (χ3n) is 11.4. The van der Waals surface area contributed by atoms with E-state index >= 15 is 0 Å². The van der Waals surface area contributed by atoms with Crippen LogP contribution in [0.4, 0.5) is 0 Å². The Morgan fingerprint density at radius 3 is 1.59 bits per heavy atom. The Morgan fingerprint density at radius 2 is 0.981 bits per heavy atom. The number of rotatable bonds is 5. The van der Waals surface area contributed by atoms with Crippen LogP contribution in [0, 0.1) is 5.92 Å². The second-order valence-electron chi connectivity index (χ2n) is 14.4. The number of allylic oxidation sites excluding steroid dienone is 4. The molecule has 2 aliphatic carbocycles. The van der Waals surface area contributed by atoms with E-state index in [0.717, 1.165) is 34.2 Å². The minimum Gasteiger partial charge on any atom is -0.228 e. The minimum atomic E-state index is 0.301. The van der Waals surface area contributed by atoms with Gasteiger partial charge in [-0.05, 0) is 95.9 Å². The van der Waals surface area contributed by atoms with Gasteiger partial charge in [-0.1, -0.05) is 170 Å². The zero-order valence-corrected chi connectivity index (χ0v) is 29.6. The van der Waals surface area contributed by atoms with Crippen LogP contribution in [0.5, 0.6) is 0 Å². The highest BCUT2D eigenvalue weighted by atomic mass is 14.9. The zero-order chi connectivity index (χ0) is 35.6. The first-order chi connectivity index (χ1) is 26.8. The smallest absolute Gasteiger partial charge is 0.160 e. The van der Waals surface area contributed by atoms with Crippen LogP contribution < -0.4 is 10.4 Å². The summed E-state index contributed by atoms with van der Waals surface area (Å²) in [6.45, 7) is 0. The maximum atomic E-state index is 5.25. The molecule has 1 aromatic heterocycles. The fourth-order valence-electron chi connectivity index (χ4n) is 9.01. The first kappa shape index (κ1) is 30.7. The van der Waals surface area contributed by atoms with Gasteiger partial charge in [0.1, 0.15) is 0 Å². The molecule has 54 heavy (non-hydrogen) atoms. The number of hydrogen-bond donors (Lipinski definition) is 0. The van der Waals surface area contributed by atoms with Crippen molar-refractivity contribution in [2.75, 3.05) is 0 Å².